The molecule has 0 heterocycles. The van der Waals surface area contributed by atoms with E-state index in [0.717, 1.165) is 11.6 Å². The zero-order chi connectivity index (χ0) is 21.4. The maximum absolute atomic E-state index is 12.4. The molecule has 1 amide bonds. The number of benzene rings is 2. The van der Waals surface area contributed by atoms with Crippen LogP contribution in [-0.2, 0) is 14.3 Å². The summed E-state index contributed by atoms with van der Waals surface area (Å²) in [7, 11) is 0. The lowest BCUT2D eigenvalue weighted by Gasteiger charge is -2.11. The van der Waals surface area contributed by atoms with E-state index in [1.54, 1.807) is 43.3 Å². The smallest absolute Gasteiger partial charge is 0.344 e. The highest BCUT2D eigenvalue weighted by molar-refractivity contribution is 14.1. The molecule has 0 bridgehead atoms. The van der Waals surface area contributed by atoms with Crippen molar-refractivity contribution in [1.29, 1.82) is 5.26 Å². The summed E-state index contributed by atoms with van der Waals surface area (Å²) in [6.07, 6.45) is 1.51. The largest absolute Gasteiger partial charge is 0.480 e. The Bertz CT molecular complexity index is 962. The Kier molecular flexibility index (Phi) is 9.38. The van der Waals surface area contributed by atoms with Gasteiger partial charge < -0.3 is 14.8 Å². The molecule has 29 heavy (non-hydrogen) atoms. The topological polar surface area (TPSA) is 88.4 Å². The Labute approximate surface area is 204 Å². The number of carbonyl (C=O) groups excluding carboxylic acids is 2. The van der Waals surface area contributed by atoms with E-state index in [4.69, 9.17) is 9.47 Å². The predicted molar refractivity (Wildman–Crippen MR) is 130 cm³/mol. The molecule has 0 atom stereocenters. The number of carbonyl (C=O) groups is 2. The summed E-state index contributed by atoms with van der Waals surface area (Å²) >= 11 is 7.49. The van der Waals surface area contributed by atoms with Crippen LogP contribution < -0.4 is 10.1 Å². The van der Waals surface area contributed by atoms with Gasteiger partial charge in [0, 0.05) is 10.2 Å². The van der Waals surface area contributed by atoms with E-state index in [1.165, 1.54) is 6.08 Å². The number of rotatable bonds is 7. The lowest BCUT2D eigenvalue weighted by Crippen LogP contribution is -2.15. The monoisotopic (exact) mass is 680 g/mol. The van der Waals surface area contributed by atoms with E-state index in [1.807, 2.05) is 6.07 Å². The average Bonchev–Trinajstić information content (AvgIpc) is 2.67. The molecule has 0 radical (unpaired) electrons. The van der Waals surface area contributed by atoms with Gasteiger partial charge in [-0.05, 0) is 100 Å². The van der Waals surface area contributed by atoms with Crippen LogP contribution in [0.1, 0.15) is 12.5 Å². The summed E-state index contributed by atoms with van der Waals surface area (Å²) in [6.45, 7) is 1.83. The number of hydrogen-bond acceptors (Lipinski definition) is 5. The second-order valence-electron chi connectivity index (χ2n) is 5.54. The molecule has 2 aromatic rings. The summed E-state index contributed by atoms with van der Waals surface area (Å²) in [6, 6.07) is 12.5. The van der Waals surface area contributed by atoms with E-state index in [-0.39, 0.29) is 12.2 Å². The molecule has 0 aliphatic carbocycles. The van der Waals surface area contributed by atoms with Crippen LogP contribution in [0, 0.1) is 18.5 Å². The average molecular weight is 681 g/mol. The number of amides is 1. The van der Waals surface area contributed by atoms with Crippen molar-refractivity contribution in [3.63, 3.8) is 0 Å². The summed E-state index contributed by atoms with van der Waals surface area (Å²) < 4.78 is 12.8. The zero-order valence-corrected chi connectivity index (χ0v) is 21.1. The molecular formula is C20H15BrI2N2O4. The molecule has 1 N–H and O–H groups in total. The van der Waals surface area contributed by atoms with Gasteiger partial charge in [-0.15, -0.1) is 0 Å². The Hall–Kier alpha value is -1.65. The molecule has 0 saturated carbocycles. The van der Waals surface area contributed by atoms with Gasteiger partial charge in [-0.1, -0.05) is 15.9 Å². The first-order valence-corrected chi connectivity index (χ1v) is 11.2. The Morgan fingerprint density at radius 2 is 1.83 bits per heavy atom. The van der Waals surface area contributed by atoms with Gasteiger partial charge in [-0.3, -0.25) is 4.79 Å². The normalized spacial score (nSPS) is 10.8. The number of nitrogens with one attached hydrogen (secondary N) is 1. The first-order valence-electron chi connectivity index (χ1n) is 8.30. The number of nitriles is 1. The van der Waals surface area contributed by atoms with Gasteiger partial charge in [0.15, 0.2) is 6.61 Å². The van der Waals surface area contributed by atoms with Gasteiger partial charge in [-0.2, -0.15) is 5.26 Å². The zero-order valence-electron chi connectivity index (χ0n) is 15.2. The fourth-order valence-electron chi connectivity index (χ4n) is 2.18. The van der Waals surface area contributed by atoms with E-state index in [2.05, 4.69) is 66.4 Å². The van der Waals surface area contributed by atoms with Crippen molar-refractivity contribution in [1.82, 2.24) is 0 Å². The van der Waals surface area contributed by atoms with Crippen molar-refractivity contribution in [2.24, 2.45) is 0 Å². The van der Waals surface area contributed by atoms with E-state index < -0.39 is 11.9 Å². The molecule has 0 saturated heterocycles. The highest BCUT2D eigenvalue weighted by Gasteiger charge is 2.14. The van der Waals surface area contributed by atoms with Crippen molar-refractivity contribution in [3.8, 4) is 11.8 Å². The highest BCUT2D eigenvalue weighted by atomic mass is 127. The highest BCUT2D eigenvalue weighted by Crippen LogP contribution is 2.30. The van der Waals surface area contributed by atoms with Gasteiger partial charge in [0.1, 0.15) is 17.4 Å². The summed E-state index contributed by atoms with van der Waals surface area (Å²) in [5.74, 6) is -0.392. The molecule has 0 aliphatic heterocycles. The maximum atomic E-state index is 12.4. The number of ether oxygens (including phenoxy) is 2. The first-order chi connectivity index (χ1) is 13.8. The van der Waals surface area contributed by atoms with Gasteiger partial charge in [0.2, 0.25) is 0 Å². The van der Waals surface area contributed by atoms with E-state index >= 15 is 0 Å². The molecular weight excluding hydrogens is 666 g/mol. The van der Waals surface area contributed by atoms with Gasteiger partial charge in [-0.25, -0.2) is 4.79 Å². The van der Waals surface area contributed by atoms with Crippen LogP contribution >= 0.6 is 61.1 Å². The number of anilines is 1. The Morgan fingerprint density at radius 1 is 1.21 bits per heavy atom. The third-order valence-corrected chi connectivity index (χ3v) is 5.57. The van der Waals surface area contributed by atoms with Crippen LogP contribution in [0.5, 0.6) is 5.75 Å². The van der Waals surface area contributed by atoms with E-state index in [9.17, 15) is 14.9 Å². The molecule has 0 aromatic heterocycles. The number of hydrogen-bond donors (Lipinski definition) is 1. The van der Waals surface area contributed by atoms with Crippen molar-refractivity contribution in [2.45, 2.75) is 6.92 Å². The fourth-order valence-corrected chi connectivity index (χ4v) is 4.57. The second kappa shape index (κ2) is 11.5. The van der Waals surface area contributed by atoms with Gasteiger partial charge >= 0.3 is 5.97 Å². The number of halogens is 3. The molecule has 150 valence electrons. The molecule has 2 aromatic carbocycles. The summed E-state index contributed by atoms with van der Waals surface area (Å²) in [5, 5.41) is 12.1. The minimum absolute atomic E-state index is 0.0280. The third-order valence-electron chi connectivity index (χ3n) is 3.44. The standard InChI is InChI=1S/C20H15BrI2N2O4/c1-2-28-18(26)11-29-19-16(22)8-12(9-17(19)23)7-13(10-24)20(27)25-15-5-3-14(21)4-6-15/h3-9H,2,11H2,1H3,(H,25,27)/b13-7-. The van der Waals surface area contributed by atoms with Crippen molar-refractivity contribution < 1.29 is 19.1 Å². The van der Waals surface area contributed by atoms with Crippen LogP contribution in [-0.4, -0.2) is 25.1 Å². The van der Waals surface area contributed by atoms with Crippen molar-refractivity contribution in [3.05, 3.63) is 59.1 Å². The molecule has 0 fully saturated rings. The van der Waals surface area contributed by atoms with Gasteiger partial charge in [0.25, 0.3) is 5.91 Å². The lowest BCUT2D eigenvalue weighted by molar-refractivity contribution is -0.145. The predicted octanol–water partition coefficient (Wildman–Crippen LogP) is 5.15. The second-order valence-corrected chi connectivity index (χ2v) is 8.78. The third kappa shape index (κ3) is 7.27. The summed E-state index contributed by atoms with van der Waals surface area (Å²) in [5.41, 5.74) is 1.23. The SMILES string of the molecule is CCOC(=O)COc1c(I)cc(/C=C(/C#N)C(=O)Nc2ccc(Br)cc2)cc1I. The van der Waals surface area contributed by atoms with Crippen molar-refractivity contribution >= 4 is 84.8 Å². The number of nitrogens with zero attached hydrogens (tertiary/aromatic N) is 1. The molecule has 6 nitrogen and oxygen atoms in total. The quantitative estimate of drug-likeness (QED) is 0.189. The van der Waals surface area contributed by atoms with Crippen LogP contribution in [0.15, 0.2) is 46.4 Å². The lowest BCUT2D eigenvalue weighted by atomic mass is 10.1. The van der Waals surface area contributed by atoms with Crippen LogP contribution in [0.3, 0.4) is 0 Å². The Balaban J connectivity index is 2.18. The first kappa shape index (κ1) is 23.6. The minimum Gasteiger partial charge on any atom is -0.480 e. The van der Waals surface area contributed by atoms with Crippen molar-refractivity contribution in [2.75, 3.05) is 18.5 Å². The molecule has 2 rings (SSSR count). The molecule has 0 unspecified atom stereocenters. The van der Waals surface area contributed by atoms with Crippen LogP contribution in [0.2, 0.25) is 0 Å². The molecule has 0 spiro atoms. The minimum atomic E-state index is -0.498. The van der Waals surface area contributed by atoms with Crippen LogP contribution in [0.25, 0.3) is 6.08 Å². The van der Waals surface area contributed by atoms with Gasteiger partial charge in [0.05, 0.1) is 13.7 Å². The molecule has 0 aliphatic rings. The molecule has 9 heteroatoms. The maximum Gasteiger partial charge on any atom is 0.344 e. The van der Waals surface area contributed by atoms with E-state index in [0.29, 0.717) is 23.6 Å². The fraction of sp³-hybridized carbons (Fsp3) is 0.150. The summed E-state index contributed by atoms with van der Waals surface area (Å²) in [4.78, 5) is 23.9. The number of esters is 1. The van der Waals surface area contributed by atoms with Crippen LogP contribution in [0.4, 0.5) is 5.69 Å². The Morgan fingerprint density at radius 3 is 2.38 bits per heavy atom.